The molecule has 1 unspecified atom stereocenters. The van der Waals surface area contributed by atoms with Gasteiger partial charge in [-0.2, -0.15) is 0 Å². The third-order valence-corrected chi connectivity index (χ3v) is 6.48. The van der Waals surface area contributed by atoms with Gasteiger partial charge in [-0.25, -0.2) is 9.78 Å². The number of carbonyl (C=O) groups excluding carboxylic acids is 1. The predicted octanol–water partition coefficient (Wildman–Crippen LogP) is 4.41. The highest BCUT2D eigenvalue weighted by molar-refractivity contribution is 7.59. The fourth-order valence-corrected chi connectivity index (χ4v) is 4.71. The molecule has 6 nitrogen and oxygen atoms in total. The third kappa shape index (κ3) is 5.59. The molecule has 2 N–H and O–H groups in total. The van der Waals surface area contributed by atoms with Gasteiger partial charge in [0.2, 0.25) is 7.37 Å². The van der Waals surface area contributed by atoms with E-state index in [0.29, 0.717) is 17.2 Å². The number of hydrogen-bond acceptors (Lipinski definition) is 4. The number of rotatable bonds is 9. The maximum Gasteiger partial charge on any atom is 0.354 e. The Morgan fingerprint density at radius 2 is 1.66 bits per heavy atom. The van der Waals surface area contributed by atoms with Gasteiger partial charge in [-0.1, -0.05) is 54.6 Å². The number of aryl methyl sites for hydroxylation is 1. The van der Waals surface area contributed by atoms with Gasteiger partial charge in [0, 0.05) is 11.5 Å². The van der Waals surface area contributed by atoms with Gasteiger partial charge in [0.15, 0.2) is 5.78 Å². The Labute approximate surface area is 168 Å². The number of ketones is 1. The van der Waals surface area contributed by atoms with Crippen LogP contribution in [-0.4, -0.2) is 39.1 Å². The molecule has 3 aromatic rings. The van der Waals surface area contributed by atoms with Crippen molar-refractivity contribution in [3.05, 3.63) is 77.6 Å². The van der Waals surface area contributed by atoms with E-state index in [2.05, 4.69) is 4.98 Å². The second-order valence-electron chi connectivity index (χ2n) is 6.98. The number of benzene rings is 2. The normalized spacial score (nSPS) is 13.1. The SMILES string of the molecule is O=C(O)c1cc2ccccc2c(C(=O)CP(=O)(O)CCCCc2ccccc2)n1. The van der Waals surface area contributed by atoms with Crippen molar-refractivity contribution in [2.45, 2.75) is 19.3 Å². The minimum Gasteiger partial charge on any atom is -0.477 e. The molecule has 0 spiro atoms. The molecule has 0 radical (unpaired) electrons. The van der Waals surface area contributed by atoms with Gasteiger partial charge in [0.05, 0.1) is 6.16 Å². The van der Waals surface area contributed by atoms with Crippen LogP contribution in [0.4, 0.5) is 0 Å². The Morgan fingerprint density at radius 1 is 0.966 bits per heavy atom. The molecule has 0 fully saturated rings. The monoisotopic (exact) mass is 411 g/mol. The first kappa shape index (κ1) is 20.9. The summed E-state index contributed by atoms with van der Waals surface area (Å²) in [7, 11) is -3.69. The number of carboxylic acids is 1. The van der Waals surface area contributed by atoms with E-state index in [1.807, 2.05) is 30.3 Å². The maximum atomic E-state index is 12.7. The minimum absolute atomic E-state index is 0.0438. The lowest BCUT2D eigenvalue weighted by atomic mass is 10.1. The average Bonchev–Trinajstić information content (AvgIpc) is 2.70. The molecule has 7 heteroatoms. The molecule has 150 valence electrons. The molecule has 1 heterocycles. The Hall–Kier alpha value is -2.82. The summed E-state index contributed by atoms with van der Waals surface area (Å²) in [6.45, 7) is 0. The molecule has 0 saturated heterocycles. The van der Waals surface area contributed by atoms with Crippen molar-refractivity contribution in [2.75, 3.05) is 12.3 Å². The van der Waals surface area contributed by atoms with Crippen molar-refractivity contribution in [1.29, 1.82) is 0 Å². The Balaban J connectivity index is 1.68. The number of pyridine rings is 1. The van der Waals surface area contributed by atoms with E-state index in [-0.39, 0.29) is 17.5 Å². The lowest BCUT2D eigenvalue weighted by Crippen LogP contribution is -2.13. The lowest BCUT2D eigenvalue weighted by Gasteiger charge is -2.12. The smallest absolute Gasteiger partial charge is 0.354 e. The lowest BCUT2D eigenvalue weighted by molar-refractivity contribution is 0.0690. The van der Waals surface area contributed by atoms with Gasteiger partial charge in [0.25, 0.3) is 0 Å². The Kier molecular flexibility index (Phi) is 6.57. The van der Waals surface area contributed by atoms with Gasteiger partial charge in [-0.15, -0.1) is 0 Å². The molecule has 0 amide bonds. The predicted molar refractivity (Wildman–Crippen MR) is 112 cm³/mol. The molecular weight excluding hydrogens is 389 g/mol. The van der Waals surface area contributed by atoms with Crippen molar-refractivity contribution in [1.82, 2.24) is 4.98 Å². The number of nitrogens with zero attached hydrogens (tertiary/aromatic N) is 1. The van der Waals surface area contributed by atoms with Gasteiger partial charge < -0.3 is 10.00 Å². The van der Waals surface area contributed by atoms with Crippen molar-refractivity contribution >= 4 is 29.9 Å². The van der Waals surface area contributed by atoms with Crippen LogP contribution in [0.3, 0.4) is 0 Å². The van der Waals surface area contributed by atoms with Crippen LogP contribution < -0.4 is 0 Å². The van der Waals surface area contributed by atoms with Crippen LogP contribution in [0.15, 0.2) is 60.7 Å². The minimum atomic E-state index is -3.69. The highest BCUT2D eigenvalue weighted by Crippen LogP contribution is 2.42. The van der Waals surface area contributed by atoms with E-state index in [1.54, 1.807) is 24.3 Å². The molecule has 0 bridgehead atoms. The van der Waals surface area contributed by atoms with Gasteiger partial charge in [0.1, 0.15) is 11.4 Å². The summed E-state index contributed by atoms with van der Waals surface area (Å²) >= 11 is 0. The number of aromatic carboxylic acids is 1. The van der Waals surface area contributed by atoms with Crippen molar-refractivity contribution < 1.29 is 24.2 Å². The number of hydrogen-bond donors (Lipinski definition) is 2. The maximum absolute atomic E-state index is 12.7. The molecule has 0 aliphatic carbocycles. The van der Waals surface area contributed by atoms with Crippen LogP contribution in [0.5, 0.6) is 0 Å². The van der Waals surface area contributed by atoms with Gasteiger partial charge >= 0.3 is 5.97 Å². The number of carbonyl (C=O) groups is 2. The summed E-state index contributed by atoms with van der Waals surface area (Å²) in [6.07, 6.45) is 1.58. The zero-order valence-corrected chi connectivity index (χ0v) is 16.7. The van der Waals surface area contributed by atoms with E-state index >= 15 is 0 Å². The van der Waals surface area contributed by atoms with Crippen LogP contribution >= 0.6 is 7.37 Å². The van der Waals surface area contributed by atoms with E-state index in [0.717, 1.165) is 18.4 Å². The van der Waals surface area contributed by atoms with E-state index in [4.69, 9.17) is 0 Å². The Morgan fingerprint density at radius 3 is 2.38 bits per heavy atom. The second kappa shape index (κ2) is 9.12. The molecule has 1 atom stereocenters. The zero-order chi connectivity index (χ0) is 20.9. The summed E-state index contributed by atoms with van der Waals surface area (Å²) in [5, 5.41) is 10.3. The van der Waals surface area contributed by atoms with E-state index in [1.165, 1.54) is 6.07 Å². The first-order valence-electron chi connectivity index (χ1n) is 9.37. The number of Topliss-reactive ketones (excluding diaryl/α,β-unsaturated/α-hetero) is 1. The quantitative estimate of drug-likeness (QED) is 0.307. The van der Waals surface area contributed by atoms with Crippen LogP contribution in [0.1, 0.15) is 39.4 Å². The van der Waals surface area contributed by atoms with E-state index < -0.39 is 25.3 Å². The molecule has 0 saturated carbocycles. The summed E-state index contributed by atoms with van der Waals surface area (Å²) in [5.74, 6) is -1.86. The number of aromatic nitrogens is 1. The summed E-state index contributed by atoms with van der Waals surface area (Å²) in [4.78, 5) is 38.3. The van der Waals surface area contributed by atoms with Gasteiger partial charge in [-0.05, 0) is 36.3 Å². The fraction of sp³-hybridized carbons (Fsp3) is 0.227. The number of fused-ring (bicyclic) bond motifs is 1. The molecular formula is C22H22NO5P. The summed E-state index contributed by atoms with van der Waals surface area (Å²) in [5.41, 5.74) is 0.833. The fourth-order valence-electron chi connectivity index (χ4n) is 3.23. The van der Waals surface area contributed by atoms with Crippen LogP contribution in [0.2, 0.25) is 0 Å². The molecule has 0 aliphatic heterocycles. The standard InChI is InChI=1S/C22H22NO5P/c24-20(15-29(27,28)13-7-6-10-16-8-2-1-3-9-16)21-18-12-5-4-11-17(18)14-19(23-21)22(25)26/h1-5,8-9,11-12,14H,6-7,10,13,15H2,(H,25,26)(H,27,28). The summed E-state index contributed by atoms with van der Waals surface area (Å²) < 4.78 is 12.6. The summed E-state index contributed by atoms with van der Waals surface area (Å²) in [6, 6.07) is 18.0. The first-order chi connectivity index (χ1) is 13.9. The van der Waals surface area contributed by atoms with Crippen molar-refractivity contribution in [3.8, 4) is 0 Å². The molecule has 0 aliphatic rings. The third-order valence-electron chi connectivity index (χ3n) is 4.68. The number of carboxylic acid groups (broad SMARTS) is 1. The van der Waals surface area contributed by atoms with Crippen LogP contribution in [0.25, 0.3) is 10.8 Å². The molecule has 1 aromatic heterocycles. The highest BCUT2D eigenvalue weighted by atomic mass is 31.2. The first-order valence-corrected chi connectivity index (χ1v) is 11.4. The molecule has 2 aromatic carbocycles. The van der Waals surface area contributed by atoms with Crippen LogP contribution in [0, 0.1) is 0 Å². The van der Waals surface area contributed by atoms with Crippen molar-refractivity contribution in [2.24, 2.45) is 0 Å². The highest BCUT2D eigenvalue weighted by Gasteiger charge is 2.26. The molecule has 29 heavy (non-hydrogen) atoms. The number of unbranched alkanes of at least 4 members (excludes halogenated alkanes) is 1. The van der Waals surface area contributed by atoms with Crippen molar-refractivity contribution in [3.63, 3.8) is 0 Å². The zero-order valence-electron chi connectivity index (χ0n) is 15.8. The average molecular weight is 411 g/mol. The van der Waals surface area contributed by atoms with Crippen LogP contribution in [-0.2, 0) is 11.0 Å². The largest absolute Gasteiger partial charge is 0.477 e. The molecule has 3 rings (SSSR count). The van der Waals surface area contributed by atoms with Gasteiger partial charge in [-0.3, -0.25) is 9.36 Å². The topological polar surface area (TPSA) is 105 Å². The van der Waals surface area contributed by atoms with E-state index in [9.17, 15) is 24.2 Å². The second-order valence-corrected chi connectivity index (χ2v) is 9.43. The Bertz CT molecular complexity index is 1080.